The van der Waals surface area contributed by atoms with Crippen molar-refractivity contribution in [2.45, 2.75) is 19.9 Å². The molecule has 2 N–H and O–H groups in total. The van der Waals surface area contributed by atoms with Gasteiger partial charge in [-0.15, -0.1) is 0 Å². The molecule has 0 aliphatic heterocycles. The average molecular weight is 248 g/mol. The second-order valence-corrected chi connectivity index (χ2v) is 4.51. The maximum atomic E-state index is 5.64. The predicted molar refractivity (Wildman–Crippen MR) is 71.7 cm³/mol. The zero-order chi connectivity index (χ0) is 12.3. The Morgan fingerprint density at radius 1 is 1.41 bits per heavy atom. The van der Waals surface area contributed by atoms with Crippen molar-refractivity contribution in [3.63, 3.8) is 0 Å². The van der Waals surface area contributed by atoms with Crippen molar-refractivity contribution in [3.05, 3.63) is 35.7 Å². The Kier molecular flexibility index (Phi) is 3.71. The van der Waals surface area contributed by atoms with E-state index in [9.17, 15) is 0 Å². The molecule has 1 aromatic heterocycles. The Hall–Kier alpha value is -1.46. The first-order valence-corrected chi connectivity index (χ1v) is 6.37. The first-order valence-electron chi connectivity index (χ1n) is 5.60. The predicted octanol–water partition coefficient (Wildman–Crippen LogP) is 2.33. The largest absolute Gasteiger partial charge is 0.326 e. The van der Waals surface area contributed by atoms with Crippen LogP contribution in [-0.4, -0.2) is 16.4 Å². The van der Waals surface area contributed by atoms with Gasteiger partial charge in [0, 0.05) is 37.2 Å². The van der Waals surface area contributed by atoms with Crippen LogP contribution >= 0.6 is 11.5 Å². The molecule has 2 aromatic rings. The molecule has 5 heteroatoms. The van der Waals surface area contributed by atoms with Gasteiger partial charge in [0.2, 0.25) is 5.13 Å². The second kappa shape index (κ2) is 5.25. The molecule has 2 rings (SSSR count). The molecule has 0 fully saturated rings. The molecule has 0 aliphatic rings. The van der Waals surface area contributed by atoms with E-state index in [-0.39, 0.29) is 0 Å². The highest BCUT2D eigenvalue weighted by Gasteiger charge is 2.09. The summed E-state index contributed by atoms with van der Waals surface area (Å²) in [5.74, 6) is 0.895. The Morgan fingerprint density at radius 2 is 2.24 bits per heavy atom. The normalized spacial score (nSPS) is 10.5. The maximum absolute atomic E-state index is 5.64. The summed E-state index contributed by atoms with van der Waals surface area (Å²) in [5.41, 5.74) is 7.85. The molecular weight excluding hydrogens is 232 g/mol. The summed E-state index contributed by atoms with van der Waals surface area (Å²) >= 11 is 1.42. The monoisotopic (exact) mass is 248 g/mol. The van der Waals surface area contributed by atoms with Crippen LogP contribution in [-0.2, 0) is 13.0 Å². The fourth-order valence-electron chi connectivity index (χ4n) is 1.53. The molecule has 0 saturated heterocycles. The van der Waals surface area contributed by atoms with E-state index in [1.165, 1.54) is 11.5 Å². The lowest BCUT2D eigenvalue weighted by Gasteiger charge is -2.15. The van der Waals surface area contributed by atoms with E-state index in [1.807, 2.05) is 30.1 Å². The molecule has 1 aromatic carbocycles. The molecule has 0 saturated carbocycles. The standard InChI is InChI=1S/C12H16N4S/c1-3-11-14-12(17-15-11)16(2)10-6-4-5-9(7-10)8-13/h4-7H,3,8,13H2,1-2H3. The summed E-state index contributed by atoms with van der Waals surface area (Å²) in [4.78, 5) is 6.50. The van der Waals surface area contributed by atoms with Crippen LogP contribution in [0.3, 0.4) is 0 Å². The summed E-state index contributed by atoms with van der Waals surface area (Å²) in [5, 5.41) is 0.913. The topological polar surface area (TPSA) is 55.0 Å². The van der Waals surface area contributed by atoms with Gasteiger partial charge in [-0.05, 0) is 17.7 Å². The first kappa shape index (κ1) is 12.0. The number of hydrogen-bond acceptors (Lipinski definition) is 5. The molecule has 1 heterocycles. The Bertz CT molecular complexity index is 495. The minimum absolute atomic E-state index is 0.554. The highest BCUT2D eigenvalue weighted by Crippen LogP contribution is 2.25. The minimum Gasteiger partial charge on any atom is -0.326 e. The van der Waals surface area contributed by atoms with E-state index in [1.54, 1.807) is 0 Å². The van der Waals surface area contributed by atoms with E-state index >= 15 is 0 Å². The maximum Gasteiger partial charge on any atom is 0.209 e. The summed E-state index contributed by atoms with van der Waals surface area (Å²) in [6.45, 7) is 2.61. The molecule has 0 spiro atoms. The zero-order valence-corrected chi connectivity index (χ0v) is 10.9. The van der Waals surface area contributed by atoms with Crippen LogP contribution in [0.15, 0.2) is 24.3 Å². The number of benzene rings is 1. The van der Waals surface area contributed by atoms with Gasteiger partial charge in [-0.2, -0.15) is 4.37 Å². The van der Waals surface area contributed by atoms with Gasteiger partial charge in [-0.25, -0.2) is 4.98 Å². The number of anilines is 2. The van der Waals surface area contributed by atoms with Crippen LogP contribution < -0.4 is 10.6 Å². The summed E-state index contributed by atoms with van der Waals surface area (Å²) in [6.07, 6.45) is 0.868. The number of rotatable bonds is 4. The molecule has 0 atom stereocenters. The Morgan fingerprint density at radius 3 is 2.88 bits per heavy atom. The van der Waals surface area contributed by atoms with Gasteiger partial charge in [0.05, 0.1) is 0 Å². The molecule has 17 heavy (non-hydrogen) atoms. The lowest BCUT2D eigenvalue weighted by molar-refractivity contribution is 0.988. The first-order chi connectivity index (χ1) is 8.24. The number of hydrogen-bond donors (Lipinski definition) is 1. The lowest BCUT2D eigenvalue weighted by Crippen LogP contribution is -2.10. The van der Waals surface area contributed by atoms with Crippen molar-refractivity contribution >= 4 is 22.4 Å². The van der Waals surface area contributed by atoms with Crippen molar-refractivity contribution < 1.29 is 0 Å². The molecule has 4 nitrogen and oxygen atoms in total. The van der Waals surface area contributed by atoms with E-state index in [2.05, 4.69) is 22.3 Å². The number of nitrogens with zero attached hydrogens (tertiary/aromatic N) is 3. The number of nitrogens with two attached hydrogens (primary N) is 1. The third kappa shape index (κ3) is 2.62. The van der Waals surface area contributed by atoms with Gasteiger partial charge >= 0.3 is 0 Å². The summed E-state index contributed by atoms with van der Waals surface area (Å²) in [6, 6.07) is 8.16. The molecule has 0 unspecified atom stereocenters. The average Bonchev–Trinajstić information content (AvgIpc) is 2.86. The van der Waals surface area contributed by atoms with Crippen LogP contribution in [0.5, 0.6) is 0 Å². The van der Waals surface area contributed by atoms with Crippen LogP contribution in [0.1, 0.15) is 18.3 Å². The second-order valence-electron chi connectivity index (χ2n) is 3.78. The smallest absolute Gasteiger partial charge is 0.209 e. The summed E-state index contributed by atoms with van der Waals surface area (Å²) < 4.78 is 4.29. The van der Waals surface area contributed by atoms with Crippen molar-refractivity contribution in [2.24, 2.45) is 5.73 Å². The van der Waals surface area contributed by atoms with Gasteiger partial charge in [0.1, 0.15) is 5.82 Å². The SMILES string of the molecule is CCc1nsc(N(C)c2cccc(CN)c2)n1. The zero-order valence-electron chi connectivity index (χ0n) is 10.1. The van der Waals surface area contributed by atoms with Crippen LogP contribution in [0, 0.1) is 0 Å². The lowest BCUT2D eigenvalue weighted by atomic mass is 10.2. The molecular formula is C12H16N4S. The van der Waals surface area contributed by atoms with Crippen molar-refractivity contribution in [2.75, 3.05) is 11.9 Å². The molecule has 0 bridgehead atoms. The number of aryl methyl sites for hydroxylation is 1. The fourth-order valence-corrected chi connectivity index (χ4v) is 2.26. The summed E-state index contributed by atoms with van der Waals surface area (Å²) in [7, 11) is 2.00. The molecule has 90 valence electrons. The minimum atomic E-state index is 0.554. The highest BCUT2D eigenvalue weighted by atomic mass is 32.1. The fraction of sp³-hybridized carbons (Fsp3) is 0.333. The van der Waals surface area contributed by atoms with Gasteiger partial charge in [-0.3, -0.25) is 0 Å². The Balaban J connectivity index is 2.26. The van der Waals surface area contributed by atoms with E-state index < -0.39 is 0 Å². The molecule has 0 radical (unpaired) electrons. The van der Waals surface area contributed by atoms with Gasteiger partial charge in [-0.1, -0.05) is 19.1 Å². The third-order valence-corrected chi connectivity index (χ3v) is 3.42. The van der Waals surface area contributed by atoms with Crippen LogP contribution in [0.4, 0.5) is 10.8 Å². The van der Waals surface area contributed by atoms with Crippen LogP contribution in [0.25, 0.3) is 0 Å². The van der Waals surface area contributed by atoms with E-state index in [0.29, 0.717) is 6.54 Å². The van der Waals surface area contributed by atoms with Crippen molar-refractivity contribution in [3.8, 4) is 0 Å². The molecule has 0 amide bonds. The van der Waals surface area contributed by atoms with Gasteiger partial charge in [0.15, 0.2) is 0 Å². The molecule has 0 aliphatic carbocycles. The van der Waals surface area contributed by atoms with Crippen molar-refractivity contribution in [1.29, 1.82) is 0 Å². The van der Waals surface area contributed by atoms with E-state index in [0.717, 1.165) is 28.6 Å². The van der Waals surface area contributed by atoms with E-state index in [4.69, 9.17) is 5.73 Å². The quantitative estimate of drug-likeness (QED) is 0.902. The van der Waals surface area contributed by atoms with Crippen molar-refractivity contribution in [1.82, 2.24) is 9.36 Å². The van der Waals surface area contributed by atoms with Gasteiger partial charge < -0.3 is 10.6 Å². The van der Waals surface area contributed by atoms with Gasteiger partial charge in [0.25, 0.3) is 0 Å². The third-order valence-electron chi connectivity index (χ3n) is 2.59. The van der Waals surface area contributed by atoms with Crippen LogP contribution in [0.2, 0.25) is 0 Å². The number of aromatic nitrogens is 2. The Labute approximate surface area is 105 Å². The highest BCUT2D eigenvalue weighted by molar-refractivity contribution is 7.09.